The van der Waals surface area contributed by atoms with Crippen LogP contribution in [0.2, 0.25) is 0 Å². The number of hydrogen-bond donors (Lipinski definition) is 0. The molecule has 1 heterocycles. The highest BCUT2D eigenvalue weighted by Gasteiger charge is 2.19. The van der Waals surface area contributed by atoms with Crippen molar-refractivity contribution in [1.29, 1.82) is 0 Å². The van der Waals surface area contributed by atoms with Crippen LogP contribution in [-0.2, 0) is 6.42 Å². The van der Waals surface area contributed by atoms with Gasteiger partial charge in [-0.05, 0) is 35.7 Å². The van der Waals surface area contributed by atoms with Crippen LogP contribution in [0.5, 0.6) is 0 Å². The number of halogens is 2. The molecule has 0 fully saturated rings. The summed E-state index contributed by atoms with van der Waals surface area (Å²) in [6, 6.07) is 10.4. The van der Waals surface area contributed by atoms with Crippen molar-refractivity contribution in [2.24, 2.45) is 0 Å². The van der Waals surface area contributed by atoms with Crippen LogP contribution in [0.25, 0.3) is 0 Å². The highest BCUT2D eigenvalue weighted by molar-refractivity contribution is 9.09. The van der Waals surface area contributed by atoms with Gasteiger partial charge in [-0.3, -0.25) is 4.79 Å². The second kappa shape index (κ2) is 6.06. The molecule has 0 radical (unpaired) electrons. The van der Waals surface area contributed by atoms with Gasteiger partial charge >= 0.3 is 0 Å². The Hall–Kier alpha value is -1.55. The summed E-state index contributed by atoms with van der Waals surface area (Å²) in [6.45, 7) is 2.04. The zero-order chi connectivity index (χ0) is 13.8. The van der Waals surface area contributed by atoms with Crippen molar-refractivity contribution >= 4 is 21.7 Å². The number of nitrogens with zero attached hydrogens (tertiary/aromatic N) is 1. The van der Waals surface area contributed by atoms with E-state index in [9.17, 15) is 9.18 Å². The van der Waals surface area contributed by atoms with E-state index in [0.717, 1.165) is 12.0 Å². The molecule has 0 unspecified atom stereocenters. The van der Waals surface area contributed by atoms with E-state index in [-0.39, 0.29) is 5.78 Å². The summed E-state index contributed by atoms with van der Waals surface area (Å²) in [6.07, 6.45) is 2.23. The minimum absolute atomic E-state index is 0.0825. The third-order valence-corrected chi connectivity index (χ3v) is 3.84. The number of aromatic nitrogens is 1. The number of carbonyl (C=O) groups excluding carboxylic acids is 1. The molecule has 19 heavy (non-hydrogen) atoms. The Balaban J connectivity index is 2.28. The largest absolute Gasteiger partial charge is 0.293 e. The Labute approximate surface area is 119 Å². The minimum Gasteiger partial charge on any atom is -0.293 e. The first kappa shape index (κ1) is 13.9. The van der Waals surface area contributed by atoms with Gasteiger partial charge in [0.25, 0.3) is 0 Å². The molecule has 0 N–H and O–H groups in total. The molecule has 1 aromatic heterocycles. The SMILES string of the molecule is CCc1cccc(C(=O)[C@@H](Br)c2ccnc(F)c2)c1. The molecule has 1 aromatic carbocycles. The van der Waals surface area contributed by atoms with Crippen LogP contribution in [0.4, 0.5) is 4.39 Å². The average molecular weight is 322 g/mol. The minimum atomic E-state index is -0.586. The Kier molecular flexibility index (Phi) is 4.43. The van der Waals surface area contributed by atoms with Gasteiger partial charge in [0.2, 0.25) is 5.95 Å². The second-order valence-corrected chi connectivity index (χ2v) is 5.11. The molecule has 0 amide bonds. The Morgan fingerprint density at radius 2 is 2.16 bits per heavy atom. The van der Waals surface area contributed by atoms with Gasteiger partial charge < -0.3 is 0 Å². The standard InChI is InChI=1S/C15H13BrFNO/c1-2-10-4-3-5-12(8-10)15(19)14(16)11-6-7-18-13(17)9-11/h3-9,14H,2H2,1H3/t14-/m0/s1. The summed E-state index contributed by atoms with van der Waals surface area (Å²) >= 11 is 3.32. The van der Waals surface area contributed by atoms with Crippen molar-refractivity contribution in [2.75, 3.05) is 0 Å². The molecule has 0 aliphatic heterocycles. The van der Waals surface area contributed by atoms with Gasteiger partial charge in [0.1, 0.15) is 4.83 Å². The van der Waals surface area contributed by atoms with Gasteiger partial charge in [0.05, 0.1) is 0 Å². The third-order valence-electron chi connectivity index (χ3n) is 2.89. The number of alkyl halides is 1. The zero-order valence-corrected chi connectivity index (χ0v) is 12.0. The number of hydrogen-bond acceptors (Lipinski definition) is 2. The lowest BCUT2D eigenvalue weighted by Gasteiger charge is -2.10. The number of carbonyl (C=O) groups is 1. The van der Waals surface area contributed by atoms with Crippen molar-refractivity contribution in [3.05, 3.63) is 65.2 Å². The molecule has 0 aliphatic rings. The predicted molar refractivity (Wildman–Crippen MR) is 76.0 cm³/mol. The summed E-state index contributed by atoms with van der Waals surface area (Å²) in [5.74, 6) is -0.669. The molecular formula is C15H13BrFNO. The molecule has 2 rings (SSSR count). The van der Waals surface area contributed by atoms with Gasteiger partial charge in [-0.2, -0.15) is 4.39 Å². The van der Waals surface area contributed by atoms with Gasteiger partial charge in [-0.25, -0.2) is 4.98 Å². The Morgan fingerprint density at radius 1 is 1.37 bits per heavy atom. The quantitative estimate of drug-likeness (QED) is 0.482. The van der Waals surface area contributed by atoms with Crippen LogP contribution in [-0.4, -0.2) is 10.8 Å². The first-order chi connectivity index (χ1) is 9.11. The fourth-order valence-corrected chi connectivity index (χ4v) is 2.37. The smallest absolute Gasteiger partial charge is 0.213 e. The van der Waals surface area contributed by atoms with Crippen molar-refractivity contribution in [3.63, 3.8) is 0 Å². The van der Waals surface area contributed by atoms with E-state index in [1.165, 1.54) is 12.3 Å². The van der Waals surface area contributed by atoms with Crippen molar-refractivity contribution in [2.45, 2.75) is 18.2 Å². The molecule has 4 heteroatoms. The number of aryl methyl sites for hydroxylation is 1. The molecule has 0 spiro atoms. The topological polar surface area (TPSA) is 30.0 Å². The molecule has 2 nitrogen and oxygen atoms in total. The molecular weight excluding hydrogens is 309 g/mol. The van der Waals surface area contributed by atoms with Crippen molar-refractivity contribution < 1.29 is 9.18 Å². The number of pyridine rings is 1. The van der Waals surface area contributed by atoms with Crippen LogP contribution in [0, 0.1) is 5.95 Å². The fraction of sp³-hybridized carbons (Fsp3) is 0.200. The molecule has 98 valence electrons. The lowest BCUT2D eigenvalue weighted by Crippen LogP contribution is -2.08. The third kappa shape index (κ3) is 3.26. The Bertz CT molecular complexity index is 600. The fourth-order valence-electron chi connectivity index (χ4n) is 1.82. The van der Waals surface area contributed by atoms with E-state index in [4.69, 9.17) is 0 Å². The van der Waals surface area contributed by atoms with E-state index in [2.05, 4.69) is 20.9 Å². The number of ketones is 1. The first-order valence-corrected chi connectivity index (χ1v) is 6.92. The van der Waals surface area contributed by atoms with Crippen molar-refractivity contribution in [3.8, 4) is 0 Å². The van der Waals surface area contributed by atoms with Crippen molar-refractivity contribution in [1.82, 2.24) is 4.98 Å². The lowest BCUT2D eigenvalue weighted by atomic mass is 10.0. The van der Waals surface area contributed by atoms with Crippen LogP contribution in [0.3, 0.4) is 0 Å². The maximum atomic E-state index is 13.1. The van der Waals surface area contributed by atoms with Gasteiger partial charge in [0.15, 0.2) is 5.78 Å². The predicted octanol–water partition coefficient (Wildman–Crippen LogP) is 4.10. The number of Topliss-reactive ketones (excluding diaryl/α,β-unsaturated/α-hetero) is 1. The highest BCUT2D eigenvalue weighted by atomic mass is 79.9. The van der Waals surface area contributed by atoms with Crippen LogP contribution < -0.4 is 0 Å². The molecule has 0 bridgehead atoms. The molecule has 1 atom stereocenters. The van der Waals surface area contributed by atoms with Crippen LogP contribution in [0.1, 0.15) is 33.2 Å². The molecule has 0 saturated heterocycles. The van der Waals surface area contributed by atoms with Gasteiger partial charge in [-0.1, -0.05) is 41.1 Å². The first-order valence-electron chi connectivity index (χ1n) is 6.00. The maximum absolute atomic E-state index is 13.1. The average Bonchev–Trinajstić information content (AvgIpc) is 2.45. The van der Waals surface area contributed by atoms with Crippen LogP contribution >= 0.6 is 15.9 Å². The summed E-state index contributed by atoms with van der Waals surface area (Å²) in [7, 11) is 0. The summed E-state index contributed by atoms with van der Waals surface area (Å²) < 4.78 is 13.1. The normalized spacial score (nSPS) is 12.2. The lowest BCUT2D eigenvalue weighted by molar-refractivity contribution is 0.0991. The van der Waals surface area contributed by atoms with E-state index >= 15 is 0 Å². The number of rotatable bonds is 4. The second-order valence-electron chi connectivity index (χ2n) is 4.19. The van der Waals surface area contributed by atoms with E-state index in [1.807, 2.05) is 25.1 Å². The molecule has 0 aliphatic carbocycles. The monoisotopic (exact) mass is 321 g/mol. The molecule has 0 saturated carbocycles. The summed E-state index contributed by atoms with van der Waals surface area (Å²) in [4.78, 5) is 15.3. The van der Waals surface area contributed by atoms with E-state index in [0.29, 0.717) is 11.1 Å². The molecule has 2 aromatic rings. The van der Waals surface area contributed by atoms with E-state index in [1.54, 1.807) is 12.1 Å². The van der Waals surface area contributed by atoms with Crippen LogP contribution in [0.15, 0.2) is 42.6 Å². The summed E-state index contributed by atoms with van der Waals surface area (Å²) in [5, 5.41) is 0. The number of benzene rings is 1. The van der Waals surface area contributed by atoms with E-state index < -0.39 is 10.8 Å². The van der Waals surface area contributed by atoms with Gasteiger partial charge in [-0.15, -0.1) is 0 Å². The zero-order valence-electron chi connectivity index (χ0n) is 10.4. The summed E-state index contributed by atoms with van der Waals surface area (Å²) in [5.41, 5.74) is 2.30. The maximum Gasteiger partial charge on any atom is 0.213 e. The highest BCUT2D eigenvalue weighted by Crippen LogP contribution is 2.27. The van der Waals surface area contributed by atoms with Gasteiger partial charge in [0, 0.05) is 11.8 Å². The Morgan fingerprint density at radius 3 is 2.84 bits per heavy atom.